The first-order chi connectivity index (χ1) is 9.94. The monoisotopic (exact) mass is 330 g/mol. The van der Waals surface area contributed by atoms with Crippen LogP contribution in [-0.4, -0.2) is 109 Å². The number of nitrogens with zero attached hydrogens (tertiary/aromatic N) is 1. The Morgan fingerprint density at radius 3 is 1.55 bits per heavy atom. The van der Waals surface area contributed by atoms with Crippen molar-refractivity contribution in [3.05, 3.63) is 0 Å². The molecule has 12 nitrogen and oxygen atoms in total. The van der Waals surface area contributed by atoms with E-state index in [-0.39, 0.29) is 0 Å². The van der Waals surface area contributed by atoms with Crippen LogP contribution in [0.2, 0.25) is 0 Å². The van der Waals surface area contributed by atoms with Crippen LogP contribution < -0.4 is 5.32 Å². The summed E-state index contributed by atoms with van der Waals surface area (Å²) in [5, 5.41) is 69.7. The Morgan fingerprint density at radius 2 is 1.36 bits per heavy atom. The lowest BCUT2D eigenvalue weighted by atomic mass is 10.0. The van der Waals surface area contributed by atoms with Gasteiger partial charge in [0.2, 0.25) is 0 Å². The molecule has 12 heteroatoms. The third-order valence-corrected chi connectivity index (χ3v) is 2.41. The maximum Gasteiger partial charge on any atom is 0.346 e. The minimum Gasteiger partial charge on any atom is -0.480 e. The molecule has 0 heterocycles. The summed E-state index contributed by atoms with van der Waals surface area (Å²) >= 11 is 0. The van der Waals surface area contributed by atoms with Crippen LogP contribution in [-0.2, 0) is 9.59 Å². The summed E-state index contributed by atoms with van der Waals surface area (Å²) in [6.45, 7) is -2.63. The predicted octanol–water partition coefficient (Wildman–Crippen LogP) is -5.03. The second kappa shape index (κ2) is 10.4. The van der Waals surface area contributed by atoms with Gasteiger partial charge in [0, 0.05) is 0 Å². The Morgan fingerprint density at radius 1 is 0.955 bits per heavy atom. The van der Waals surface area contributed by atoms with Crippen LogP contribution in [0.3, 0.4) is 0 Å². The van der Waals surface area contributed by atoms with E-state index in [0.29, 0.717) is 4.90 Å². The molecule has 0 spiro atoms. The van der Waals surface area contributed by atoms with E-state index >= 15 is 0 Å². The smallest absolute Gasteiger partial charge is 0.346 e. The van der Waals surface area contributed by atoms with Crippen LogP contribution in [0.25, 0.3) is 0 Å². The average Bonchev–Trinajstić information content (AvgIpc) is 2.40. The molecule has 0 unspecified atom stereocenters. The van der Waals surface area contributed by atoms with Crippen molar-refractivity contribution in [2.75, 3.05) is 40.0 Å². The molecule has 0 saturated heterocycles. The summed E-state index contributed by atoms with van der Waals surface area (Å²) in [5.41, 5.74) is -1.31. The van der Waals surface area contributed by atoms with Crippen molar-refractivity contribution in [2.24, 2.45) is 0 Å². The molecule has 0 aliphatic rings. The summed E-state index contributed by atoms with van der Waals surface area (Å²) < 4.78 is 0. The standard InChI is InChI=1S/C6H13NO5.C4H9NO5/c8-2-6(3-9,4-10)7-1-5(11)12;1-5(2-3(6)7)4(8,9)10/h7-10H,1-4H2,(H,11,12);8-10H,2H2,1H3,(H,6,7). The second-order valence-corrected chi connectivity index (χ2v) is 4.35. The molecule has 0 fully saturated rings. The van der Waals surface area contributed by atoms with Gasteiger partial charge in [-0.25, -0.2) is 4.90 Å². The van der Waals surface area contributed by atoms with Crippen molar-refractivity contribution < 1.29 is 50.4 Å². The van der Waals surface area contributed by atoms with Crippen LogP contribution in [0.4, 0.5) is 0 Å². The lowest BCUT2D eigenvalue weighted by molar-refractivity contribution is -0.386. The quantitative estimate of drug-likeness (QED) is 0.182. The Labute approximate surface area is 125 Å². The number of carboxylic acid groups (broad SMARTS) is 2. The third-order valence-electron chi connectivity index (χ3n) is 2.41. The van der Waals surface area contributed by atoms with Gasteiger partial charge in [-0.15, -0.1) is 0 Å². The van der Waals surface area contributed by atoms with E-state index < -0.39 is 56.5 Å². The first-order valence-corrected chi connectivity index (χ1v) is 5.83. The molecule has 0 aliphatic heterocycles. The highest BCUT2D eigenvalue weighted by molar-refractivity contribution is 5.69. The SMILES string of the molecule is CN(CC(=O)O)C(O)(O)O.O=C(O)CNC(CO)(CO)CO. The normalized spacial score (nSPS) is 11.8. The molecular formula is C10H22N2O10. The van der Waals surface area contributed by atoms with Gasteiger partial charge in [0.15, 0.2) is 0 Å². The third kappa shape index (κ3) is 10.4. The van der Waals surface area contributed by atoms with Gasteiger partial charge in [-0.05, 0) is 7.05 Å². The Bertz CT molecular complexity index is 331. The molecule has 0 saturated carbocycles. The van der Waals surface area contributed by atoms with E-state index in [0.717, 1.165) is 7.05 Å². The second-order valence-electron chi connectivity index (χ2n) is 4.35. The van der Waals surface area contributed by atoms with Gasteiger partial charge in [0.05, 0.1) is 31.9 Å². The summed E-state index contributed by atoms with van der Waals surface area (Å²) in [6, 6.07) is 0. The molecule has 9 N–H and O–H groups in total. The van der Waals surface area contributed by atoms with Crippen molar-refractivity contribution in [3.63, 3.8) is 0 Å². The largest absolute Gasteiger partial charge is 0.480 e. The van der Waals surface area contributed by atoms with Gasteiger partial charge >= 0.3 is 18.0 Å². The van der Waals surface area contributed by atoms with Crippen LogP contribution in [0, 0.1) is 0 Å². The molecule has 0 aliphatic carbocycles. The molecule has 22 heavy (non-hydrogen) atoms. The molecule has 0 atom stereocenters. The van der Waals surface area contributed by atoms with E-state index in [2.05, 4.69) is 5.32 Å². The zero-order valence-electron chi connectivity index (χ0n) is 11.9. The highest BCUT2D eigenvalue weighted by Crippen LogP contribution is 2.00. The van der Waals surface area contributed by atoms with Gasteiger partial charge in [0.1, 0.15) is 6.54 Å². The molecule has 0 bridgehead atoms. The maximum absolute atomic E-state index is 10.1. The topological polar surface area (TPSA) is 211 Å². The number of carbonyl (C=O) groups is 2. The van der Waals surface area contributed by atoms with Crippen LogP contribution in [0.1, 0.15) is 0 Å². The number of likely N-dealkylation sites (N-methyl/N-ethyl adjacent to an activating group) is 1. The molecule has 0 rings (SSSR count). The fraction of sp³-hybridized carbons (Fsp3) is 0.800. The number of hydrogen-bond acceptors (Lipinski definition) is 10. The van der Waals surface area contributed by atoms with E-state index in [1.807, 2.05) is 0 Å². The fourth-order valence-corrected chi connectivity index (χ4v) is 0.890. The minimum atomic E-state index is -3.06. The van der Waals surface area contributed by atoms with Gasteiger partial charge < -0.3 is 40.9 Å². The van der Waals surface area contributed by atoms with Crippen molar-refractivity contribution in [1.29, 1.82) is 0 Å². The van der Waals surface area contributed by atoms with Crippen LogP contribution in [0.15, 0.2) is 0 Å². The predicted molar refractivity (Wildman–Crippen MR) is 69.3 cm³/mol. The molecule has 0 aromatic carbocycles. The lowest BCUT2D eigenvalue weighted by Crippen LogP contribution is -2.56. The van der Waals surface area contributed by atoms with Crippen molar-refractivity contribution in [2.45, 2.75) is 11.6 Å². The first-order valence-electron chi connectivity index (χ1n) is 5.83. The highest BCUT2D eigenvalue weighted by Gasteiger charge is 2.28. The van der Waals surface area contributed by atoms with Gasteiger partial charge in [-0.3, -0.25) is 14.9 Å². The number of aliphatic hydroxyl groups excluding tert-OH is 3. The van der Waals surface area contributed by atoms with E-state index in [1.165, 1.54) is 0 Å². The van der Waals surface area contributed by atoms with Crippen molar-refractivity contribution in [3.8, 4) is 0 Å². The molecule has 132 valence electrons. The average molecular weight is 330 g/mol. The van der Waals surface area contributed by atoms with Gasteiger partial charge in [0.25, 0.3) is 0 Å². The number of rotatable bonds is 9. The maximum atomic E-state index is 10.1. The molecule has 0 aromatic rings. The molecule has 0 aromatic heterocycles. The minimum absolute atomic E-state index is 0.415. The Kier molecular flexibility index (Phi) is 10.8. The van der Waals surface area contributed by atoms with E-state index in [9.17, 15) is 9.59 Å². The van der Waals surface area contributed by atoms with Gasteiger partial charge in [-0.2, -0.15) is 0 Å². The Hall–Kier alpha value is -1.38. The number of carboxylic acids is 2. The molecular weight excluding hydrogens is 308 g/mol. The number of hydrogen-bond donors (Lipinski definition) is 9. The zero-order chi connectivity index (χ0) is 18.0. The Balaban J connectivity index is 0. The van der Waals surface area contributed by atoms with E-state index in [1.54, 1.807) is 0 Å². The highest BCUT2D eigenvalue weighted by atomic mass is 16.7. The molecule has 0 radical (unpaired) electrons. The van der Waals surface area contributed by atoms with Crippen molar-refractivity contribution in [1.82, 2.24) is 10.2 Å². The number of aliphatic carboxylic acids is 2. The fourth-order valence-electron chi connectivity index (χ4n) is 0.890. The lowest BCUT2D eigenvalue weighted by Gasteiger charge is -2.27. The summed E-state index contributed by atoms with van der Waals surface area (Å²) in [5.74, 6) is -2.38. The van der Waals surface area contributed by atoms with Gasteiger partial charge in [-0.1, -0.05) is 0 Å². The van der Waals surface area contributed by atoms with E-state index in [4.69, 9.17) is 40.9 Å². The summed E-state index contributed by atoms with van der Waals surface area (Å²) in [6.07, 6.45) is -3.06. The summed E-state index contributed by atoms with van der Waals surface area (Å²) in [7, 11) is 1.05. The number of nitrogens with one attached hydrogen (secondary N) is 1. The van der Waals surface area contributed by atoms with Crippen molar-refractivity contribution >= 4 is 11.9 Å². The number of aliphatic hydroxyl groups is 6. The summed E-state index contributed by atoms with van der Waals surface area (Å²) in [4.78, 5) is 20.4. The first kappa shape index (κ1) is 22.9. The molecule has 0 amide bonds. The van der Waals surface area contributed by atoms with Crippen LogP contribution in [0.5, 0.6) is 0 Å². The van der Waals surface area contributed by atoms with Crippen LogP contribution >= 0.6 is 0 Å². The zero-order valence-corrected chi connectivity index (χ0v) is 11.9.